The SMILES string of the molecule is Cn1ccnc1CNS(=O)(=O)c1ccc2c(c1)CCN2. The first-order valence-electron chi connectivity index (χ1n) is 6.39. The van der Waals surface area contributed by atoms with Gasteiger partial charge in [-0.05, 0) is 30.2 Å². The molecule has 2 N–H and O–H groups in total. The number of fused-ring (bicyclic) bond motifs is 1. The van der Waals surface area contributed by atoms with Crippen LogP contribution in [0.2, 0.25) is 0 Å². The third kappa shape index (κ3) is 2.41. The maximum Gasteiger partial charge on any atom is 0.240 e. The lowest BCUT2D eigenvalue weighted by molar-refractivity contribution is 0.577. The highest BCUT2D eigenvalue weighted by Crippen LogP contribution is 2.24. The summed E-state index contributed by atoms with van der Waals surface area (Å²) in [5.74, 6) is 0.677. The number of rotatable bonds is 4. The Morgan fingerprint density at radius 2 is 2.30 bits per heavy atom. The first kappa shape index (κ1) is 13.1. The molecule has 0 fully saturated rings. The Balaban J connectivity index is 1.80. The van der Waals surface area contributed by atoms with Crippen LogP contribution in [0.3, 0.4) is 0 Å². The van der Waals surface area contributed by atoms with Crippen molar-refractivity contribution in [2.75, 3.05) is 11.9 Å². The van der Waals surface area contributed by atoms with Crippen molar-refractivity contribution in [3.63, 3.8) is 0 Å². The van der Waals surface area contributed by atoms with E-state index in [0.29, 0.717) is 10.7 Å². The molecule has 1 aromatic carbocycles. The highest BCUT2D eigenvalue weighted by molar-refractivity contribution is 7.89. The van der Waals surface area contributed by atoms with Crippen molar-refractivity contribution >= 4 is 15.7 Å². The Labute approximate surface area is 117 Å². The van der Waals surface area contributed by atoms with Crippen molar-refractivity contribution < 1.29 is 8.42 Å². The van der Waals surface area contributed by atoms with Gasteiger partial charge in [-0.3, -0.25) is 0 Å². The molecule has 0 radical (unpaired) electrons. The van der Waals surface area contributed by atoms with Crippen LogP contribution < -0.4 is 10.0 Å². The Kier molecular flexibility index (Phi) is 3.23. The highest BCUT2D eigenvalue weighted by Gasteiger charge is 2.18. The van der Waals surface area contributed by atoms with Gasteiger partial charge in [0.15, 0.2) is 0 Å². The Morgan fingerprint density at radius 3 is 3.05 bits per heavy atom. The van der Waals surface area contributed by atoms with Crippen molar-refractivity contribution in [1.82, 2.24) is 14.3 Å². The Morgan fingerprint density at radius 1 is 1.45 bits per heavy atom. The zero-order valence-corrected chi connectivity index (χ0v) is 11.9. The topological polar surface area (TPSA) is 76.0 Å². The second-order valence-electron chi connectivity index (χ2n) is 4.77. The van der Waals surface area contributed by atoms with Crippen LogP contribution in [0.5, 0.6) is 0 Å². The molecule has 0 unspecified atom stereocenters. The van der Waals surface area contributed by atoms with E-state index in [4.69, 9.17) is 0 Å². The fourth-order valence-corrected chi connectivity index (χ4v) is 3.29. The molecule has 0 aliphatic carbocycles. The molecule has 106 valence electrons. The third-order valence-corrected chi connectivity index (χ3v) is 4.84. The third-order valence-electron chi connectivity index (χ3n) is 3.44. The molecule has 3 rings (SSSR count). The van der Waals surface area contributed by atoms with E-state index in [0.717, 1.165) is 24.2 Å². The van der Waals surface area contributed by atoms with Crippen molar-refractivity contribution in [2.45, 2.75) is 17.9 Å². The second kappa shape index (κ2) is 4.92. The summed E-state index contributed by atoms with van der Waals surface area (Å²) in [4.78, 5) is 4.40. The Hall–Kier alpha value is -1.86. The summed E-state index contributed by atoms with van der Waals surface area (Å²) in [5.41, 5.74) is 2.07. The van der Waals surface area contributed by atoms with Gasteiger partial charge in [0.1, 0.15) is 5.82 Å². The molecule has 0 saturated carbocycles. The molecule has 6 nitrogen and oxygen atoms in total. The molecule has 7 heteroatoms. The minimum absolute atomic E-state index is 0.182. The number of nitrogens with one attached hydrogen (secondary N) is 2. The van der Waals surface area contributed by atoms with Crippen LogP contribution in [0.4, 0.5) is 5.69 Å². The molecule has 1 aliphatic rings. The van der Waals surface area contributed by atoms with Crippen molar-refractivity contribution in [1.29, 1.82) is 0 Å². The minimum atomic E-state index is -3.51. The average Bonchev–Trinajstić information content (AvgIpc) is 3.04. The normalized spacial score (nSPS) is 14.1. The number of nitrogens with zero attached hydrogens (tertiary/aromatic N) is 2. The number of imidazole rings is 1. The molecule has 2 aromatic rings. The smallest absolute Gasteiger partial charge is 0.240 e. The maximum absolute atomic E-state index is 12.3. The Bertz CT molecular complexity index is 737. The summed E-state index contributed by atoms with van der Waals surface area (Å²) >= 11 is 0. The zero-order chi connectivity index (χ0) is 14.2. The molecule has 2 heterocycles. The van der Waals surface area contributed by atoms with Crippen LogP contribution in [-0.2, 0) is 30.0 Å². The van der Waals surface area contributed by atoms with E-state index < -0.39 is 10.0 Å². The first-order chi connectivity index (χ1) is 9.56. The van der Waals surface area contributed by atoms with Gasteiger partial charge in [-0.2, -0.15) is 0 Å². The summed E-state index contributed by atoms with van der Waals surface area (Å²) in [5, 5.41) is 3.21. The van der Waals surface area contributed by atoms with Gasteiger partial charge in [-0.15, -0.1) is 0 Å². The summed E-state index contributed by atoms with van der Waals surface area (Å²) in [6.45, 7) is 1.04. The molecule has 0 bridgehead atoms. The van der Waals surface area contributed by atoms with Crippen LogP contribution in [0.1, 0.15) is 11.4 Å². The summed E-state index contributed by atoms with van der Waals surface area (Å²) in [7, 11) is -1.67. The predicted molar refractivity (Wildman–Crippen MR) is 75.9 cm³/mol. The van der Waals surface area contributed by atoms with Crippen molar-refractivity contribution in [3.8, 4) is 0 Å². The molecule has 20 heavy (non-hydrogen) atoms. The van der Waals surface area contributed by atoms with Gasteiger partial charge in [0.25, 0.3) is 0 Å². The van der Waals surface area contributed by atoms with E-state index in [1.807, 2.05) is 13.1 Å². The first-order valence-corrected chi connectivity index (χ1v) is 7.87. The zero-order valence-electron chi connectivity index (χ0n) is 11.1. The van der Waals surface area contributed by atoms with E-state index in [2.05, 4.69) is 15.0 Å². The largest absolute Gasteiger partial charge is 0.384 e. The maximum atomic E-state index is 12.3. The van der Waals surface area contributed by atoms with Gasteiger partial charge < -0.3 is 9.88 Å². The van der Waals surface area contributed by atoms with Gasteiger partial charge >= 0.3 is 0 Å². The van der Waals surface area contributed by atoms with E-state index in [1.54, 1.807) is 29.1 Å². The minimum Gasteiger partial charge on any atom is -0.384 e. The van der Waals surface area contributed by atoms with E-state index in [9.17, 15) is 8.42 Å². The number of aryl methyl sites for hydroxylation is 1. The van der Waals surface area contributed by atoms with Crippen molar-refractivity contribution in [3.05, 3.63) is 42.0 Å². The number of hydrogen-bond donors (Lipinski definition) is 2. The van der Waals surface area contributed by atoms with Gasteiger partial charge in [0.2, 0.25) is 10.0 Å². The van der Waals surface area contributed by atoms with E-state index in [1.165, 1.54) is 0 Å². The monoisotopic (exact) mass is 292 g/mol. The standard InChI is InChI=1S/C13H16N4O2S/c1-17-7-6-15-13(17)9-16-20(18,19)11-2-3-12-10(8-11)4-5-14-12/h2-3,6-8,14,16H,4-5,9H2,1H3. The number of sulfonamides is 1. The van der Waals surface area contributed by atoms with Gasteiger partial charge in [0, 0.05) is 31.7 Å². The number of hydrogen-bond acceptors (Lipinski definition) is 4. The summed E-state index contributed by atoms with van der Waals surface area (Å²) in [6, 6.07) is 5.17. The number of aromatic nitrogens is 2. The average molecular weight is 292 g/mol. The van der Waals surface area contributed by atoms with Gasteiger partial charge in [0.05, 0.1) is 11.4 Å². The lowest BCUT2D eigenvalue weighted by Gasteiger charge is -2.08. The van der Waals surface area contributed by atoms with Gasteiger partial charge in [-0.1, -0.05) is 0 Å². The molecule has 1 aromatic heterocycles. The number of benzene rings is 1. The molecule has 0 saturated heterocycles. The lowest BCUT2D eigenvalue weighted by Crippen LogP contribution is -2.24. The van der Waals surface area contributed by atoms with Gasteiger partial charge in [-0.25, -0.2) is 18.1 Å². The highest BCUT2D eigenvalue weighted by atomic mass is 32.2. The quantitative estimate of drug-likeness (QED) is 0.876. The molecule has 0 spiro atoms. The van der Waals surface area contributed by atoms with Crippen LogP contribution in [-0.4, -0.2) is 24.5 Å². The van der Waals surface area contributed by atoms with Crippen LogP contribution >= 0.6 is 0 Å². The molecule has 0 amide bonds. The van der Waals surface area contributed by atoms with Crippen LogP contribution in [0.15, 0.2) is 35.5 Å². The second-order valence-corrected chi connectivity index (χ2v) is 6.54. The number of anilines is 1. The fourth-order valence-electron chi connectivity index (χ4n) is 2.26. The van der Waals surface area contributed by atoms with Crippen LogP contribution in [0.25, 0.3) is 0 Å². The molecule has 1 aliphatic heterocycles. The summed E-state index contributed by atoms with van der Waals surface area (Å²) < 4.78 is 28.9. The van der Waals surface area contributed by atoms with E-state index in [-0.39, 0.29) is 6.54 Å². The fraction of sp³-hybridized carbons (Fsp3) is 0.308. The van der Waals surface area contributed by atoms with E-state index >= 15 is 0 Å². The molecular formula is C13H16N4O2S. The van der Waals surface area contributed by atoms with Crippen molar-refractivity contribution in [2.24, 2.45) is 7.05 Å². The predicted octanol–water partition coefficient (Wildman–Crippen LogP) is 0.867. The molecular weight excluding hydrogens is 276 g/mol. The van der Waals surface area contributed by atoms with Crippen LogP contribution in [0, 0.1) is 0 Å². The lowest BCUT2D eigenvalue weighted by atomic mass is 10.2. The summed E-state index contributed by atoms with van der Waals surface area (Å²) in [6.07, 6.45) is 4.29. The molecule has 0 atom stereocenters.